The number of nitrogens with one attached hydrogen (secondary N) is 1. The third kappa shape index (κ3) is 3.98. The molecule has 5 heteroatoms. The Labute approximate surface area is 122 Å². The lowest BCUT2D eigenvalue weighted by Crippen LogP contribution is -2.29. The van der Waals surface area contributed by atoms with Gasteiger partial charge in [0.25, 0.3) is 0 Å². The summed E-state index contributed by atoms with van der Waals surface area (Å²) < 4.78 is 5.01. The zero-order valence-corrected chi connectivity index (χ0v) is 11.4. The topological polar surface area (TPSA) is 58.6 Å². The molecule has 0 fully saturated rings. The predicted octanol–water partition coefficient (Wildman–Crippen LogP) is 3.26. The van der Waals surface area contributed by atoms with Gasteiger partial charge in [0.05, 0.1) is 0 Å². The van der Waals surface area contributed by atoms with Crippen molar-refractivity contribution in [3.8, 4) is 0 Å². The Kier molecular flexibility index (Phi) is 4.98. The van der Waals surface area contributed by atoms with Crippen LogP contribution >= 0.6 is 11.6 Å². The standard InChI is InChI=1S/C15H14ClNO3/c16-13-9-5-4-8-12(13)14(18)17-15(19)20-10-11-6-2-1-3-7-11/h1-9,14,18H,10H2,(H,17,19). The van der Waals surface area contributed by atoms with E-state index in [1.807, 2.05) is 30.3 Å². The molecule has 2 rings (SSSR count). The molecule has 1 unspecified atom stereocenters. The summed E-state index contributed by atoms with van der Waals surface area (Å²) in [6, 6.07) is 16.0. The molecular formula is C15H14ClNO3. The molecule has 0 saturated heterocycles. The minimum Gasteiger partial charge on any atom is -0.445 e. The molecule has 1 amide bonds. The monoisotopic (exact) mass is 291 g/mol. The Morgan fingerprint density at radius 2 is 1.80 bits per heavy atom. The molecule has 2 aromatic rings. The summed E-state index contributed by atoms with van der Waals surface area (Å²) in [5.74, 6) is 0. The first-order valence-corrected chi connectivity index (χ1v) is 6.44. The quantitative estimate of drug-likeness (QED) is 0.850. The van der Waals surface area contributed by atoms with Gasteiger partial charge in [-0.1, -0.05) is 60.1 Å². The van der Waals surface area contributed by atoms with Gasteiger partial charge in [0, 0.05) is 10.6 Å². The summed E-state index contributed by atoms with van der Waals surface area (Å²) in [5.41, 5.74) is 1.29. The molecular weight excluding hydrogens is 278 g/mol. The van der Waals surface area contributed by atoms with E-state index in [0.29, 0.717) is 10.6 Å². The summed E-state index contributed by atoms with van der Waals surface area (Å²) in [5, 5.41) is 12.6. The van der Waals surface area contributed by atoms with Crippen LogP contribution in [-0.2, 0) is 11.3 Å². The molecule has 1 atom stereocenters. The van der Waals surface area contributed by atoms with Crippen LogP contribution in [0.3, 0.4) is 0 Å². The zero-order valence-electron chi connectivity index (χ0n) is 10.6. The predicted molar refractivity (Wildman–Crippen MR) is 76.2 cm³/mol. The van der Waals surface area contributed by atoms with Gasteiger partial charge >= 0.3 is 6.09 Å². The van der Waals surface area contributed by atoms with Crippen molar-refractivity contribution in [2.75, 3.05) is 0 Å². The molecule has 0 saturated carbocycles. The molecule has 0 radical (unpaired) electrons. The lowest BCUT2D eigenvalue weighted by molar-refractivity contribution is 0.0949. The van der Waals surface area contributed by atoms with Crippen molar-refractivity contribution >= 4 is 17.7 Å². The highest BCUT2D eigenvalue weighted by molar-refractivity contribution is 6.31. The molecule has 0 heterocycles. The number of alkyl carbamates (subject to hydrolysis) is 1. The number of amides is 1. The third-order valence-corrected chi connectivity index (χ3v) is 3.01. The summed E-state index contributed by atoms with van der Waals surface area (Å²) in [7, 11) is 0. The zero-order chi connectivity index (χ0) is 14.4. The number of hydrogen-bond donors (Lipinski definition) is 2. The first-order chi connectivity index (χ1) is 9.66. The molecule has 4 nitrogen and oxygen atoms in total. The van der Waals surface area contributed by atoms with Crippen molar-refractivity contribution in [2.24, 2.45) is 0 Å². The highest BCUT2D eigenvalue weighted by Crippen LogP contribution is 2.20. The molecule has 20 heavy (non-hydrogen) atoms. The Morgan fingerprint density at radius 3 is 2.50 bits per heavy atom. The Balaban J connectivity index is 1.87. The average Bonchev–Trinajstić information content (AvgIpc) is 2.46. The number of hydrogen-bond acceptors (Lipinski definition) is 3. The summed E-state index contributed by atoms with van der Waals surface area (Å²) >= 11 is 5.92. The summed E-state index contributed by atoms with van der Waals surface area (Å²) in [6.07, 6.45) is -1.91. The van der Waals surface area contributed by atoms with Gasteiger partial charge in [0.2, 0.25) is 0 Å². The number of ether oxygens (including phenoxy) is 1. The molecule has 0 bridgehead atoms. The van der Waals surface area contributed by atoms with E-state index in [2.05, 4.69) is 5.32 Å². The van der Waals surface area contributed by atoms with Crippen molar-refractivity contribution in [2.45, 2.75) is 12.8 Å². The van der Waals surface area contributed by atoms with Gasteiger partial charge in [-0.25, -0.2) is 4.79 Å². The number of carbonyl (C=O) groups excluding carboxylic acids is 1. The van der Waals surface area contributed by atoms with E-state index in [-0.39, 0.29) is 6.61 Å². The first-order valence-electron chi connectivity index (χ1n) is 6.06. The van der Waals surface area contributed by atoms with Crippen LogP contribution < -0.4 is 5.32 Å². The van der Waals surface area contributed by atoms with E-state index in [0.717, 1.165) is 5.56 Å². The molecule has 0 aliphatic rings. The second-order valence-corrected chi connectivity index (χ2v) is 4.54. The van der Waals surface area contributed by atoms with Crippen LogP contribution in [-0.4, -0.2) is 11.2 Å². The maximum absolute atomic E-state index is 11.6. The average molecular weight is 292 g/mol. The van der Waals surface area contributed by atoms with Gasteiger partial charge in [-0.2, -0.15) is 0 Å². The van der Waals surface area contributed by atoms with Crippen LogP contribution in [0.15, 0.2) is 54.6 Å². The lowest BCUT2D eigenvalue weighted by Gasteiger charge is -2.14. The second-order valence-electron chi connectivity index (χ2n) is 4.13. The maximum atomic E-state index is 11.6. The van der Waals surface area contributed by atoms with E-state index in [9.17, 15) is 9.90 Å². The van der Waals surface area contributed by atoms with Crippen LogP contribution in [0.4, 0.5) is 4.79 Å². The largest absolute Gasteiger partial charge is 0.445 e. The smallest absolute Gasteiger partial charge is 0.409 e. The minimum absolute atomic E-state index is 0.141. The molecule has 0 aliphatic carbocycles. The number of aliphatic hydroxyl groups excluding tert-OH is 1. The van der Waals surface area contributed by atoms with Gasteiger partial charge in [-0.05, 0) is 11.6 Å². The van der Waals surface area contributed by atoms with Gasteiger partial charge in [-0.15, -0.1) is 0 Å². The summed E-state index contributed by atoms with van der Waals surface area (Å²) in [4.78, 5) is 11.6. The molecule has 0 aromatic heterocycles. The highest BCUT2D eigenvalue weighted by atomic mass is 35.5. The number of halogens is 1. The van der Waals surface area contributed by atoms with Gasteiger partial charge in [0.15, 0.2) is 6.23 Å². The normalized spacial score (nSPS) is 11.7. The van der Waals surface area contributed by atoms with E-state index in [4.69, 9.17) is 16.3 Å². The Bertz CT molecular complexity index is 574. The SMILES string of the molecule is O=C(NC(O)c1ccccc1Cl)OCc1ccccc1. The Hall–Kier alpha value is -2.04. The fraction of sp³-hybridized carbons (Fsp3) is 0.133. The molecule has 0 aliphatic heterocycles. The van der Waals surface area contributed by atoms with Crippen LogP contribution in [0, 0.1) is 0 Å². The molecule has 0 spiro atoms. The van der Waals surface area contributed by atoms with Crippen molar-refractivity contribution < 1.29 is 14.6 Å². The number of rotatable bonds is 4. The van der Waals surface area contributed by atoms with Crippen molar-refractivity contribution in [3.63, 3.8) is 0 Å². The first kappa shape index (κ1) is 14.4. The fourth-order valence-corrected chi connectivity index (χ4v) is 1.89. The van der Waals surface area contributed by atoms with Crippen LogP contribution in [0.2, 0.25) is 5.02 Å². The van der Waals surface area contributed by atoms with Gasteiger partial charge in [0.1, 0.15) is 6.61 Å². The minimum atomic E-state index is -1.20. The Morgan fingerprint density at radius 1 is 1.15 bits per heavy atom. The third-order valence-electron chi connectivity index (χ3n) is 2.67. The van der Waals surface area contributed by atoms with Gasteiger partial charge < -0.3 is 9.84 Å². The van der Waals surface area contributed by atoms with E-state index < -0.39 is 12.3 Å². The lowest BCUT2D eigenvalue weighted by atomic mass is 10.2. The van der Waals surface area contributed by atoms with Crippen molar-refractivity contribution in [1.82, 2.24) is 5.32 Å². The van der Waals surface area contributed by atoms with Gasteiger partial charge in [-0.3, -0.25) is 5.32 Å². The molecule has 2 aromatic carbocycles. The van der Waals surface area contributed by atoms with E-state index >= 15 is 0 Å². The molecule has 2 N–H and O–H groups in total. The van der Waals surface area contributed by atoms with Crippen LogP contribution in [0.1, 0.15) is 17.4 Å². The van der Waals surface area contributed by atoms with E-state index in [1.54, 1.807) is 24.3 Å². The van der Waals surface area contributed by atoms with Crippen LogP contribution in [0.5, 0.6) is 0 Å². The summed E-state index contributed by atoms with van der Waals surface area (Å²) in [6.45, 7) is 0.141. The highest BCUT2D eigenvalue weighted by Gasteiger charge is 2.14. The maximum Gasteiger partial charge on any atom is 0.409 e. The number of benzene rings is 2. The fourth-order valence-electron chi connectivity index (χ4n) is 1.65. The molecule has 104 valence electrons. The second kappa shape index (κ2) is 6.93. The van der Waals surface area contributed by atoms with Crippen LogP contribution in [0.25, 0.3) is 0 Å². The van der Waals surface area contributed by atoms with E-state index in [1.165, 1.54) is 0 Å². The number of aliphatic hydroxyl groups is 1. The number of carbonyl (C=O) groups is 1. The van der Waals surface area contributed by atoms with Crippen molar-refractivity contribution in [1.29, 1.82) is 0 Å². The van der Waals surface area contributed by atoms with Crippen molar-refractivity contribution in [3.05, 3.63) is 70.7 Å².